The Morgan fingerprint density at radius 2 is 2.06 bits per heavy atom. The van der Waals surface area contributed by atoms with Crippen LogP contribution in [0.2, 0.25) is 0 Å². The third kappa shape index (κ3) is 5.95. The van der Waals surface area contributed by atoms with Crippen LogP contribution in [-0.4, -0.2) is 60.1 Å². The molecule has 0 aliphatic carbocycles. The Balaban J connectivity index is 2.10. The van der Waals surface area contributed by atoms with Crippen molar-refractivity contribution in [2.75, 3.05) is 22.8 Å². The van der Waals surface area contributed by atoms with Gasteiger partial charge in [0.2, 0.25) is 5.91 Å². The first-order chi connectivity index (χ1) is 16.7. The number of sulfonamides is 1. The number of anilines is 2. The lowest BCUT2D eigenvalue weighted by atomic mass is 9.95. The van der Waals surface area contributed by atoms with Crippen LogP contribution in [0.25, 0.3) is 0 Å². The average molecular weight is 532 g/mol. The number of fused-ring (bicyclic) bond motifs is 1. The van der Waals surface area contributed by atoms with Crippen LogP contribution in [0.5, 0.6) is 11.6 Å². The van der Waals surface area contributed by atoms with Gasteiger partial charge in [-0.3, -0.25) is 14.4 Å². The number of amides is 2. The van der Waals surface area contributed by atoms with E-state index in [0.29, 0.717) is 6.20 Å². The first-order valence-electron chi connectivity index (χ1n) is 10.9. The van der Waals surface area contributed by atoms with Crippen LogP contribution in [-0.2, 0) is 14.8 Å². The van der Waals surface area contributed by atoms with E-state index in [1.165, 1.54) is 25.1 Å². The average Bonchev–Trinajstić information content (AvgIpc) is 3.17. The van der Waals surface area contributed by atoms with Gasteiger partial charge < -0.3 is 19.9 Å². The number of hydrogen-bond donors (Lipinski definition) is 3. The van der Waals surface area contributed by atoms with E-state index in [4.69, 9.17) is 14.6 Å². The van der Waals surface area contributed by atoms with E-state index in [0.717, 1.165) is 4.31 Å². The predicted octanol–water partition coefficient (Wildman–Crippen LogP) is 3.03. The number of rotatable bonds is 9. The van der Waals surface area contributed by atoms with Crippen LogP contribution < -0.4 is 24.4 Å². The zero-order valence-corrected chi connectivity index (χ0v) is 20.8. The van der Waals surface area contributed by atoms with Crippen LogP contribution in [0.15, 0.2) is 29.3 Å². The SMILES string of the molecule is CCOc1nn(C(F)F)cc1S(=O)(=O)N1CC(CC(C)(C)NC(C)=O)Oc2ccc(NC(=O)O)cc21. The van der Waals surface area contributed by atoms with Crippen LogP contribution in [0.3, 0.4) is 0 Å². The number of benzene rings is 1. The van der Waals surface area contributed by atoms with Gasteiger partial charge in [-0.1, -0.05) is 0 Å². The molecule has 15 heteroatoms. The smallest absolute Gasteiger partial charge is 0.409 e. The fourth-order valence-corrected chi connectivity index (χ4v) is 5.50. The van der Waals surface area contributed by atoms with Crippen molar-refractivity contribution in [2.24, 2.45) is 0 Å². The standard InChI is InChI=1S/C21H27F2N5O7S/c1-5-34-18-17(11-27(26-18)19(22)23)36(32,33)28-10-14(9-21(3,4)25-12(2)29)35-16-7-6-13(8-15(16)28)24-20(30)31/h6-8,11,14,19,24H,5,9-10H2,1-4H3,(H,25,29)(H,30,31). The third-order valence-electron chi connectivity index (χ3n) is 5.11. The molecule has 1 aliphatic heterocycles. The summed E-state index contributed by atoms with van der Waals surface area (Å²) < 4.78 is 66.5. The number of ether oxygens (including phenoxy) is 2. The molecule has 0 spiro atoms. The molecule has 1 aromatic carbocycles. The fraction of sp³-hybridized carbons (Fsp3) is 0.476. The van der Waals surface area contributed by atoms with E-state index in [1.807, 2.05) is 0 Å². The van der Waals surface area contributed by atoms with Crippen molar-refractivity contribution < 1.29 is 41.4 Å². The summed E-state index contributed by atoms with van der Waals surface area (Å²) >= 11 is 0. The van der Waals surface area contributed by atoms with E-state index < -0.39 is 45.1 Å². The molecule has 12 nitrogen and oxygen atoms in total. The summed E-state index contributed by atoms with van der Waals surface area (Å²) in [6, 6.07) is 4.04. The number of carbonyl (C=O) groups is 2. The molecule has 1 aliphatic rings. The van der Waals surface area contributed by atoms with Crippen LogP contribution >= 0.6 is 0 Å². The molecule has 3 N–H and O–H groups in total. The fourth-order valence-electron chi connectivity index (χ4n) is 3.93. The van der Waals surface area contributed by atoms with Gasteiger partial charge in [-0.15, -0.1) is 5.10 Å². The third-order valence-corrected chi connectivity index (χ3v) is 6.87. The summed E-state index contributed by atoms with van der Waals surface area (Å²) in [5.74, 6) is -0.671. The molecule has 36 heavy (non-hydrogen) atoms. The van der Waals surface area contributed by atoms with Gasteiger partial charge in [0.05, 0.1) is 25.0 Å². The van der Waals surface area contributed by atoms with Gasteiger partial charge in [-0.25, -0.2) is 17.9 Å². The molecule has 0 saturated carbocycles. The van der Waals surface area contributed by atoms with E-state index in [1.54, 1.807) is 20.8 Å². The summed E-state index contributed by atoms with van der Waals surface area (Å²) in [7, 11) is -4.55. The Morgan fingerprint density at radius 1 is 1.36 bits per heavy atom. The highest BCUT2D eigenvalue weighted by Gasteiger charge is 2.40. The normalized spacial score (nSPS) is 15.8. The number of nitrogens with zero attached hydrogens (tertiary/aromatic N) is 3. The summed E-state index contributed by atoms with van der Waals surface area (Å²) in [5.41, 5.74) is -0.719. The second kappa shape index (κ2) is 10.2. The van der Waals surface area contributed by atoms with Crippen molar-refractivity contribution in [1.29, 1.82) is 0 Å². The summed E-state index contributed by atoms with van der Waals surface area (Å²) in [6.07, 6.45) is -1.25. The Hall–Kier alpha value is -3.62. The largest absolute Gasteiger partial charge is 0.486 e. The highest BCUT2D eigenvalue weighted by Crippen LogP contribution is 2.41. The topological polar surface area (TPSA) is 152 Å². The molecule has 2 aromatic rings. The molecule has 1 atom stereocenters. The van der Waals surface area contributed by atoms with E-state index in [2.05, 4.69) is 15.7 Å². The van der Waals surface area contributed by atoms with Gasteiger partial charge in [-0.05, 0) is 39.0 Å². The monoisotopic (exact) mass is 531 g/mol. The number of aromatic nitrogens is 2. The number of hydrogen-bond acceptors (Lipinski definition) is 7. The van der Waals surface area contributed by atoms with Crippen molar-refractivity contribution in [1.82, 2.24) is 15.1 Å². The lowest BCUT2D eigenvalue weighted by Crippen LogP contribution is -2.50. The molecule has 1 aromatic heterocycles. The van der Waals surface area contributed by atoms with Gasteiger partial charge in [0.15, 0.2) is 4.90 Å². The molecule has 2 amide bonds. The van der Waals surface area contributed by atoms with Gasteiger partial charge in [-0.2, -0.15) is 8.78 Å². The predicted molar refractivity (Wildman–Crippen MR) is 124 cm³/mol. The van der Waals surface area contributed by atoms with Crippen LogP contribution in [0.4, 0.5) is 25.0 Å². The summed E-state index contributed by atoms with van der Waals surface area (Å²) in [5, 5.41) is 17.5. The molecule has 1 unspecified atom stereocenters. The summed E-state index contributed by atoms with van der Waals surface area (Å²) in [4.78, 5) is 22.1. The molecule has 198 valence electrons. The number of halogens is 2. The molecule has 2 heterocycles. The second-order valence-electron chi connectivity index (χ2n) is 8.65. The minimum Gasteiger partial charge on any atom is -0.486 e. The highest BCUT2D eigenvalue weighted by molar-refractivity contribution is 7.93. The lowest BCUT2D eigenvalue weighted by molar-refractivity contribution is -0.120. The van der Waals surface area contributed by atoms with E-state index in [-0.39, 0.29) is 47.3 Å². The molecule has 0 radical (unpaired) electrons. The van der Waals surface area contributed by atoms with E-state index >= 15 is 0 Å². The second-order valence-corrected chi connectivity index (χ2v) is 10.5. The van der Waals surface area contributed by atoms with Crippen LogP contribution in [0.1, 0.15) is 40.7 Å². The molecule has 0 bridgehead atoms. The maximum atomic E-state index is 13.8. The Morgan fingerprint density at radius 3 is 2.64 bits per heavy atom. The minimum atomic E-state index is -4.55. The Bertz CT molecular complexity index is 1250. The molecule has 3 rings (SSSR count). The van der Waals surface area contributed by atoms with Gasteiger partial charge in [0.25, 0.3) is 15.9 Å². The zero-order chi connectivity index (χ0) is 26.8. The van der Waals surface area contributed by atoms with Crippen molar-refractivity contribution in [2.45, 2.75) is 57.2 Å². The number of nitrogens with one attached hydrogen (secondary N) is 2. The minimum absolute atomic E-state index is 0.0120. The first-order valence-corrected chi connectivity index (χ1v) is 12.3. The maximum Gasteiger partial charge on any atom is 0.409 e. The molecular weight excluding hydrogens is 504 g/mol. The quantitative estimate of drug-likeness (QED) is 0.447. The van der Waals surface area contributed by atoms with Crippen molar-refractivity contribution >= 4 is 33.4 Å². The summed E-state index contributed by atoms with van der Waals surface area (Å²) in [6.45, 7) is 2.98. The molecule has 0 saturated heterocycles. The molecule has 0 fully saturated rings. The van der Waals surface area contributed by atoms with Gasteiger partial charge in [0, 0.05) is 24.6 Å². The molecular formula is C21H27F2N5O7S. The van der Waals surface area contributed by atoms with Crippen molar-refractivity contribution in [3.05, 3.63) is 24.4 Å². The zero-order valence-electron chi connectivity index (χ0n) is 20.0. The van der Waals surface area contributed by atoms with Crippen LogP contribution in [0, 0.1) is 0 Å². The Kier molecular flexibility index (Phi) is 7.62. The van der Waals surface area contributed by atoms with Gasteiger partial charge in [0.1, 0.15) is 11.9 Å². The first kappa shape index (κ1) is 27.0. The Labute approximate surface area is 206 Å². The number of alkyl halides is 2. The van der Waals surface area contributed by atoms with Gasteiger partial charge >= 0.3 is 12.6 Å². The van der Waals surface area contributed by atoms with Crippen molar-refractivity contribution in [3.8, 4) is 11.6 Å². The maximum absolute atomic E-state index is 13.8. The van der Waals surface area contributed by atoms with Crippen molar-refractivity contribution in [3.63, 3.8) is 0 Å². The number of carboxylic acid groups (broad SMARTS) is 1. The number of carbonyl (C=O) groups excluding carboxylic acids is 1. The van der Waals surface area contributed by atoms with E-state index in [9.17, 15) is 26.8 Å². The highest BCUT2D eigenvalue weighted by atomic mass is 32.2. The lowest BCUT2D eigenvalue weighted by Gasteiger charge is -2.38.